The molecule has 0 bridgehead atoms. The van der Waals surface area contributed by atoms with Gasteiger partial charge in [0.1, 0.15) is 17.8 Å². The summed E-state index contributed by atoms with van der Waals surface area (Å²) in [5, 5.41) is 2.36. The van der Waals surface area contributed by atoms with E-state index in [1.165, 1.54) is 44.3 Å². The number of hydrogen-bond donors (Lipinski definition) is 0. The summed E-state index contributed by atoms with van der Waals surface area (Å²) in [4.78, 5) is 10.1. The molecule has 6 heteroatoms. The molecule has 0 saturated heterocycles. The first kappa shape index (κ1) is 32.9. The summed E-state index contributed by atoms with van der Waals surface area (Å²) in [5.74, 6) is 2.81. The van der Waals surface area contributed by atoms with E-state index in [1.807, 2.05) is 18.3 Å². The summed E-state index contributed by atoms with van der Waals surface area (Å²) in [6.45, 7) is 11.1. The molecule has 2 aliphatic heterocycles. The summed E-state index contributed by atoms with van der Waals surface area (Å²) in [6.07, 6.45) is 3.77. The Morgan fingerprint density at radius 3 is 2.52 bits per heavy atom. The number of rotatable bonds is 4. The van der Waals surface area contributed by atoms with Crippen LogP contribution in [-0.4, -0.2) is 21.5 Å². The fourth-order valence-corrected chi connectivity index (χ4v) is 8.66. The Morgan fingerprint density at radius 2 is 1.67 bits per heavy atom. The Hall–Kier alpha value is -4.99. The van der Waals surface area contributed by atoms with Gasteiger partial charge in [0.15, 0.2) is 0 Å². The van der Waals surface area contributed by atoms with Gasteiger partial charge in [-0.3, -0.25) is 4.99 Å². The monoisotopic (exact) mass is 858 g/mol. The van der Waals surface area contributed by atoms with Crippen molar-refractivity contribution in [2.45, 2.75) is 65.0 Å². The number of benzene rings is 5. The molecule has 0 amide bonds. The van der Waals surface area contributed by atoms with E-state index in [-0.39, 0.29) is 38.6 Å². The molecule has 10 rings (SSSR count). The second-order valence-corrected chi connectivity index (χ2v) is 14.9. The molecule has 4 heterocycles. The van der Waals surface area contributed by atoms with Crippen LogP contribution in [0, 0.1) is 32.9 Å². The second kappa shape index (κ2) is 12.0. The minimum Gasteiger partial charge on any atom is -0.510 e. The summed E-state index contributed by atoms with van der Waals surface area (Å²) in [7, 11) is 0. The Bertz CT molecular complexity index is 2620. The zero-order valence-electron chi connectivity index (χ0n) is 29.8. The first-order valence-corrected chi connectivity index (χ1v) is 17.9. The maximum Gasteiger partial charge on any atom is 2.00 e. The van der Waals surface area contributed by atoms with Crippen LogP contribution in [0.3, 0.4) is 0 Å². The Labute approximate surface area is 318 Å². The number of hydrogen-bond acceptors (Lipinski definition) is 4. The van der Waals surface area contributed by atoms with Crippen molar-refractivity contribution in [1.82, 2.24) is 9.55 Å². The van der Waals surface area contributed by atoms with Crippen LogP contribution in [0.25, 0.3) is 38.8 Å². The standard InChI is InChI=1S/C46H37N3O2.Pt/c1-26-19-36-35-21-28(3)41(25-40(35)49-42(36)38(20-26)46(4,5)37-15-10-18-47-44(37)49)50-32-23-30(29-12-7-6-8-13-29)22-31(24-32)45-48-39-17-16-33-27(2)11-9-14-34(33)43(39)51-45;/h6-15,18-23,39,43H,16-17H2,1-5H3;/q-2;+2/t39-,43+;/m1./s1. The van der Waals surface area contributed by atoms with E-state index in [0.29, 0.717) is 17.4 Å². The molecule has 0 spiro atoms. The minimum atomic E-state index is -0.195. The molecule has 3 aliphatic rings. The van der Waals surface area contributed by atoms with E-state index >= 15 is 0 Å². The van der Waals surface area contributed by atoms with Crippen molar-refractivity contribution in [1.29, 1.82) is 0 Å². The third-order valence-electron chi connectivity index (χ3n) is 11.3. The Kier molecular flexibility index (Phi) is 7.61. The van der Waals surface area contributed by atoms with Gasteiger partial charge in [0.2, 0.25) is 0 Å². The minimum absolute atomic E-state index is 0. The van der Waals surface area contributed by atoms with Crippen molar-refractivity contribution in [2.24, 2.45) is 4.99 Å². The van der Waals surface area contributed by atoms with Crippen LogP contribution >= 0.6 is 0 Å². The number of aromatic nitrogens is 2. The van der Waals surface area contributed by atoms with Gasteiger partial charge in [-0.15, -0.1) is 23.1 Å². The average Bonchev–Trinajstić information content (AvgIpc) is 3.71. The molecule has 258 valence electrons. The van der Waals surface area contributed by atoms with Crippen molar-refractivity contribution in [2.75, 3.05) is 0 Å². The van der Waals surface area contributed by atoms with Crippen molar-refractivity contribution in [3.8, 4) is 28.4 Å². The predicted molar refractivity (Wildman–Crippen MR) is 203 cm³/mol. The molecule has 52 heavy (non-hydrogen) atoms. The Morgan fingerprint density at radius 1 is 0.827 bits per heavy atom. The van der Waals surface area contributed by atoms with Gasteiger partial charge in [0.25, 0.3) is 0 Å². The smallest absolute Gasteiger partial charge is 0.510 e. The third-order valence-corrected chi connectivity index (χ3v) is 11.3. The van der Waals surface area contributed by atoms with Crippen molar-refractivity contribution in [3.63, 3.8) is 0 Å². The van der Waals surface area contributed by atoms with E-state index in [9.17, 15) is 0 Å². The molecule has 0 unspecified atom stereocenters. The van der Waals surface area contributed by atoms with Gasteiger partial charge < -0.3 is 14.0 Å². The summed E-state index contributed by atoms with van der Waals surface area (Å²) in [5.41, 5.74) is 13.5. The van der Waals surface area contributed by atoms with Crippen LogP contribution in [0.2, 0.25) is 0 Å². The first-order valence-electron chi connectivity index (χ1n) is 17.9. The van der Waals surface area contributed by atoms with E-state index in [4.69, 9.17) is 19.5 Å². The zero-order chi connectivity index (χ0) is 34.6. The number of nitrogens with zero attached hydrogens (tertiary/aromatic N) is 3. The average molecular weight is 859 g/mol. The molecule has 5 aromatic carbocycles. The number of ether oxygens (including phenoxy) is 2. The van der Waals surface area contributed by atoms with Crippen molar-refractivity contribution >= 4 is 27.7 Å². The molecular formula is C46H37N3O2Pt. The van der Waals surface area contributed by atoms with Gasteiger partial charge >= 0.3 is 21.1 Å². The molecule has 7 aromatic rings. The van der Waals surface area contributed by atoms with Gasteiger partial charge in [-0.05, 0) is 66.0 Å². The molecule has 0 fully saturated rings. The van der Waals surface area contributed by atoms with Crippen LogP contribution < -0.4 is 4.74 Å². The molecule has 0 saturated carbocycles. The molecule has 0 radical (unpaired) electrons. The summed E-state index contributed by atoms with van der Waals surface area (Å²) < 4.78 is 15.8. The predicted octanol–water partition coefficient (Wildman–Crippen LogP) is 10.6. The van der Waals surface area contributed by atoms with Gasteiger partial charge in [-0.25, -0.2) is 4.98 Å². The molecule has 0 N–H and O–H groups in total. The van der Waals surface area contributed by atoms with Gasteiger partial charge in [0.05, 0.1) is 6.04 Å². The molecule has 2 atom stereocenters. The van der Waals surface area contributed by atoms with Gasteiger partial charge in [-0.1, -0.05) is 122 Å². The Balaban J connectivity index is 0.00000360. The maximum absolute atomic E-state index is 6.81. The van der Waals surface area contributed by atoms with Crippen LogP contribution in [0.4, 0.5) is 0 Å². The van der Waals surface area contributed by atoms with Crippen molar-refractivity contribution in [3.05, 3.63) is 154 Å². The zero-order valence-corrected chi connectivity index (χ0v) is 32.1. The van der Waals surface area contributed by atoms with E-state index < -0.39 is 0 Å². The quantitative estimate of drug-likeness (QED) is 0.166. The largest absolute Gasteiger partial charge is 2.00 e. The van der Waals surface area contributed by atoms with Gasteiger partial charge in [0, 0.05) is 34.2 Å². The van der Waals surface area contributed by atoms with E-state index in [0.717, 1.165) is 51.8 Å². The summed E-state index contributed by atoms with van der Waals surface area (Å²) >= 11 is 0. The van der Waals surface area contributed by atoms with Gasteiger partial charge in [-0.2, -0.15) is 6.07 Å². The molecule has 2 aromatic heterocycles. The van der Waals surface area contributed by atoms with Crippen LogP contribution in [0.15, 0.2) is 102 Å². The molecule has 5 nitrogen and oxygen atoms in total. The fraction of sp³-hybridized carbons (Fsp3) is 0.217. The second-order valence-electron chi connectivity index (χ2n) is 14.9. The van der Waals surface area contributed by atoms with Crippen LogP contribution in [0.1, 0.15) is 70.9 Å². The summed E-state index contributed by atoms with van der Waals surface area (Å²) in [6, 6.07) is 39.5. The maximum atomic E-state index is 6.81. The van der Waals surface area contributed by atoms with E-state index in [1.54, 1.807) is 0 Å². The van der Waals surface area contributed by atoms with Crippen LogP contribution in [-0.2, 0) is 37.6 Å². The first-order chi connectivity index (χ1) is 24.7. The molecule has 1 aliphatic carbocycles. The normalized spacial score (nSPS) is 17.8. The topological polar surface area (TPSA) is 48.6 Å². The third kappa shape index (κ3) is 4.93. The fourth-order valence-electron chi connectivity index (χ4n) is 8.66. The number of fused-ring (bicyclic) bond motifs is 8. The SMILES string of the molecule is Cc1cc2c3c(c1)c1cc(C)c(Oc4[c-]c(C5=N[C@@H]6CCc7c(C)cccc7[C@@H]6O5)cc(-c5ccccc5)c4)[c-]c1n3-c1ncccc1C2(C)C.[Pt+2]. The number of pyridine rings is 1. The van der Waals surface area contributed by atoms with E-state index in [2.05, 4.69) is 130 Å². The molecular weight excluding hydrogens is 822 g/mol. The number of aryl methyl sites for hydroxylation is 3. The van der Waals surface area contributed by atoms with Crippen molar-refractivity contribution < 1.29 is 30.5 Å². The number of aliphatic imine (C=N–C) groups is 1. The van der Waals surface area contributed by atoms with Crippen LogP contribution in [0.5, 0.6) is 11.5 Å².